The number of ether oxygens (including phenoxy) is 2. The van der Waals surface area contributed by atoms with Crippen LogP contribution in [0.3, 0.4) is 0 Å². The number of benzene rings is 1. The summed E-state index contributed by atoms with van der Waals surface area (Å²) in [4.78, 5) is 26.2. The summed E-state index contributed by atoms with van der Waals surface area (Å²) in [5.74, 6) is -0.694. The molecule has 2 rings (SSSR count). The highest BCUT2D eigenvalue weighted by molar-refractivity contribution is 6.16. The standard InChI is InChI=1S/C17H19NO5/c1-11-15(17(21)23-3)14(16(20)18(11)8-9-22-2)10-12-4-6-13(19)7-5-12/h4-7,10,19H,8-9H2,1-3H3/b14-10-. The van der Waals surface area contributed by atoms with Crippen LogP contribution in [0.1, 0.15) is 12.5 Å². The monoisotopic (exact) mass is 317 g/mol. The van der Waals surface area contributed by atoms with Crippen molar-refractivity contribution in [3.8, 4) is 5.75 Å². The van der Waals surface area contributed by atoms with E-state index in [-0.39, 0.29) is 22.8 Å². The smallest absolute Gasteiger partial charge is 0.340 e. The number of carbonyl (C=O) groups excluding carboxylic acids is 2. The quantitative estimate of drug-likeness (QED) is 0.661. The Morgan fingerprint density at radius 3 is 2.48 bits per heavy atom. The summed E-state index contributed by atoms with van der Waals surface area (Å²) < 4.78 is 9.81. The fourth-order valence-corrected chi connectivity index (χ4v) is 2.42. The van der Waals surface area contributed by atoms with Crippen LogP contribution in [0.2, 0.25) is 0 Å². The Labute approximate surface area is 134 Å². The van der Waals surface area contributed by atoms with E-state index in [1.807, 2.05) is 0 Å². The second-order valence-electron chi connectivity index (χ2n) is 5.05. The number of amides is 1. The van der Waals surface area contributed by atoms with E-state index in [1.54, 1.807) is 32.2 Å². The van der Waals surface area contributed by atoms with Gasteiger partial charge in [0.05, 0.1) is 24.9 Å². The predicted octanol–water partition coefficient (Wildman–Crippen LogP) is 1.71. The first-order valence-corrected chi connectivity index (χ1v) is 7.10. The summed E-state index contributed by atoms with van der Waals surface area (Å²) in [6.07, 6.45) is 1.62. The number of rotatable bonds is 5. The van der Waals surface area contributed by atoms with Crippen molar-refractivity contribution in [1.29, 1.82) is 0 Å². The van der Waals surface area contributed by atoms with Crippen molar-refractivity contribution >= 4 is 18.0 Å². The van der Waals surface area contributed by atoms with E-state index in [0.717, 1.165) is 0 Å². The summed E-state index contributed by atoms with van der Waals surface area (Å²) >= 11 is 0. The molecule has 0 saturated heterocycles. The molecule has 1 amide bonds. The van der Waals surface area contributed by atoms with Crippen LogP contribution < -0.4 is 0 Å². The van der Waals surface area contributed by atoms with E-state index in [2.05, 4.69) is 0 Å². The topological polar surface area (TPSA) is 76.1 Å². The van der Waals surface area contributed by atoms with E-state index < -0.39 is 5.97 Å². The number of phenols is 1. The van der Waals surface area contributed by atoms with E-state index in [1.165, 1.54) is 24.1 Å². The zero-order chi connectivity index (χ0) is 17.0. The third kappa shape index (κ3) is 3.43. The first-order valence-electron chi connectivity index (χ1n) is 7.10. The summed E-state index contributed by atoms with van der Waals surface area (Å²) in [5.41, 5.74) is 1.77. The molecule has 1 aliphatic heterocycles. The van der Waals surface area contributed by atoms with E-state index >= 15 is 0 Å². The van der Waals surface area contributed by atoms with Crippen LogP contribution in [0.25, 0.3) is 6.08 Å². The van der Waals surface area contributed by atoms with Crippen molar-refractivity contribution in [3.05, 3.63) is 46.7 Å². The number of allylic oxidation sites excluding steroid dienone is 1. The van der Waals surface area contributed by atoms with Crippen LogP contribution in [0, 0.1) is 0 Å². The number of nitrogens with zero attached hydrogens (tertiary/aromatic N) is 1. The second-order valence-corrected chi connectivity index (χ2v) is 5.05. The number of esters is 1. The fraction of sp³-hybridized carbons (Fsp3) is 0.294. The molecule has 23 heavy (non-hydrogen) atoms. The van der Waals surface area contributed by atoms with Gasteiger partial charge in [-0.05, 0) is 30.7 Å². The highest BCUT2D eigenvalue weighted by atomic mass is 16.5. The van der Waals surface area contributed by atoms with Gasteiger partial charge in [-0.2, -0.15) is 0 Å². The minimum absolute atomic E-state index is 0.131. The Morgan fingerprint density at radius 1 is 1.26 bits per heavy atom. The van der Waals surface area contributed by atoms with Gasteiger partial charge in [-0.3, -0.25) is 4.79 Å². The van der Waals surface area contributed by atoms with Crippen molar-refractivity contribution in [2.45, 2.75) is 6.92 Å². The average Bonchev–Trinajstić information content (AvgIpc) is 2.77. The molecular weight excluding hydrogens is 298 g/mol. The molecule has 0 bridgehead atoms. The SMILES string of the molecule is COCCN1C(=O)/C(=C\c2ccc(O)cc2)C(C(=O)OC)=C1C. The first-order chi connectivity index (χ1) is 11.0. The normalized spacial score (nSPS) is 16.4. The lowest BCUT2D eigenvalue weighted by atomic mass is 10.0. The van der Waals surface area contributed by atoms with Gasteiger partial charge in [0.2, 0.25) is 0 Å². The van der Waals surface area contributed by atoms with Gasteiger partial charge in [-0.1, -0.05) is 12.1 Å². The Balaban J connectivity index is 2.45. The summed E-state index contributed by atoms with van der Waals surface area (Å²) in [6, 6.07) is 6.36. The van der Waals surface area contributed by atoms with Gasteiger partial charge in [0.1, 0.15) is 5.75 Å². The Morgan fingerprint density at radius 2 is 1.91 bits per heavy atom. The maximum Gasteiger partial charge on any atom is 0.340 e. The molecule has 1 heterocycles. The van der Waals surface area contributed by atoms with Crippen LogP contribution >= 0.6 is 0 Å². The third-order valence-electron chi connectivity index (χ3n) is 3.62. The van der Waals surface area contributed by atoms with E-state index in [0.29, 0.717) is 24.4 Å². The molecule has 0 fully saturated rings. The van der Waals surface area contributed by atoms with E-state index in [9.17, 15) is 14.7 Å². The summed E-state index contributed by atoms with van der Waals surface area (Å²) in [6.45, 7) is 2.43. The Hall–Kier alpha value is -2.60. The van der Waals surface area contributed by atoms with Gasteiger partial charge >= 0.3 is 5.97 Å². The molecule has 0 saturated carbocycles. The average molecular weight is 317 g/mol. The van der Waals surface area contributed by atoms with Crippen molar-refractivity contribution in [1.82, 2.24) is 4.90 Å². The molecule has 0 radical (unpaired) electrons. The van der Waals surface area contributed by atoms with Crippen LogP contribution in [0.15, 0.2) is 41.1 Å². The molecule has 0 atom stereocenters. The predicted molar refractivity (Wildman–Crippen MR) is 84.4 cm³/mol. The highest BCUT2D eigenvalue weighted by Crippen LogP contribution is 2.31. The van der Waals surface area contributed by atoms with Gasteiger partial charge in [0.15, 0.2) is 0 Å². The molecule has 0 aromatic heterocycles. The minimum atomic E-state index is -0.555. The van der Waals surface area contributed by atoms with E-state index in [4.69, 9.17) is 9.47 Å². The number of carbonyl (C=O) groups is 2. The molecule has 6 nitrogen and oxygen atoms in total. The number of hydrogen-bond acceptors (Lipinski definition) is 5. The molecule has 6 heteroatoms. The second kappa shape index (κ2) is 7.11. The minimum Gasteiger partial charge on any atom is -0.508 e. The van der Waals surface area contributed by atoms with Crippen LogP contribution in [0.4, 0.5) is 0 Å². The molecule has 0 unspecified atom stereocenters. The third-order valence-corrected chi connectivity index (χ3v) is 3.62. The highest BCUT2D eigenvalue weighted by Gasteiger charge is 2.36. The lowest BCUT2D eigenvalue weighted by Crippen LogP contribution is -2.28. The first kappa shape index (κ1) is 16.8. The maximum absolute atomic E-state index is 12.6. The lowest BCUT2D eigenvalue weighted by molar-refractivity contribution is -0.136. The molecule has 122 valence electrons. The van der Waals surface area contributed by atoms with Gasteiger partial charge in [-0.25, -0.2) is 4.79 Å². The molecule has 1 aromatic rings. The summed E-state index contributed by atoms with van der Waals surface area (Å²) in [5, 5.41) is 9.34. The lowest BCUT2D eigenvalue weighted by Gasteiger charge is -2.16. The zero-order valence-corrected chi connectivity index (χ0v) is 13.3. The number of hydrogen-bond donors (Lipinski definition) is 1. The van der Waals surface area contributed by atoms with Gasteiger partial charge in [-0.15, -0.1) is 0 Å². The molecule has 1 aromatic carbocycles. The van der Waals surface area contributed by atoms with Gasteiger partial charge in [0, 0.05) is 19.4 Å². The van der Waals surface area contributed by atoms with Crippen molar-refractivity contribution < 1.29 is 24.2 Å². The molecule has 0 aliphatic carbocycles. The Kier molecular flexibility index (Phi) is 5.18. The Bertz CT molecular complexity index is 673. The van der Waals surface area contributed by atoms with Crippen molar-refractivity contribution in [2.75, 3.05) is 27.4 Å². The number of phenolic OH excluding ortho intramolecular Hbond substituents is 1. The number of aromatic hydroxyl groups is 1. The summed E-state index contributed by atoms with van der Waals surface area (Å²) in [7, 11) is 2.83. The number of methoxy groups -OCH3 is 2. The molecule has 1 aliphatic rings. The van der Waals surface area contributed by atoms with Crippen LogP contribution in [-0.4, -0.2) is 49.3 Å². The molecule has 1 N–H and O–H groups in total. The van der Waals surface area contributed by atoms with Crippen LogP contribution in [-0.2, 0) is 19.1 Å². The molecule has 0 spiro atoms. The molecular formula is C17H19NO5. The van der Waals surface area contributed by atoms with Gasteiger partial charge in [0.25, 0.3) is 5.91 Å². The largest absolute Gasteiger partial charge is 0.508 e. The van der Waals surface area contributed by atoms with Crippen LogP contribution in [0.5, 0.6) is 5.75 Å². The van der Waals surface area contributed by atoms with Crippen molar-refractivity contribution in [2.24, 2.45) is 0 Å². The van der Waals surface area contributed by atoms with Gasteiger partial charge < -0.3 is 19.5 Å². The van der Waals surface area contributed by atoms with Crippen molar-refractivity contribution in [3.63, 3.8) is 0 Å². The zero-order valence-electron chi connectivity index (χ0n) is 13.3. The fourth-order valence-electron chi connectivity index (χ4n) is 2.42. The maximum atomic E-state index is 12.6.